The van der Waals surface area contributed by atoms with Gasteiger partial charge in [-0.25, -0.2) is 4.57 Å². The largest absolute Gasteiger partial charge is 0.480 e. The lowest BCUT2D eigenvalue weighted by Crippen LogP contribution is -2.34. The maximum Gasteiger partial charge on any atom is 0.472 e. The predicted octanol–water partition coefficient (Wildman–Crippen LogP) is 12.5. The summed E-state index contributed by atoms with van der Waals surface area (Å²) in [5, 5.41) is 8.88. The smallest absolute Gasteiger partial charge is 0.472 e. The molecule has 0 rings (SSSR count). The molecule has 0 aliphatic rings. The van der Waals surface area contributed by atoms with Crippen molar-refractivity contribution in [1.82, 2.24) is 0 Å². The molecule has 0 amide bonds. The second-order valence-corrected chi connectivity index (χ2v) is 17.0. The highest BCUT2D eigenvalue weighted by Gasteiger charge is 2.27. The Morgan fingerprint density at radius 1 is 0.564 bits per heavy atom. The molecular formula is C44H86NO9P. The molecule has 3 unspecified atom stereocenters. The third kappa shape index (κ3) is 40.7. The number of hydrogen-bond acceptors (Lipinski definition) is 8. The number of esters is 1. The van der Waals surface area contributed by atoms with E-state index in [0.29, 0.717) is 13.0 Å². The van der Waals surface area contributed by atoms with E-state index < -0.39 is 45.1 Å². The first-order valence-corrected chi connectivity index (χ1v) is 24.2. The molecule has 0 saturated heterocycles. The number of rotatable bonds is 44. The van der Waals surface area contributed by atoms with E-state index in [1.54, 1.807) is 0 Å². The molecule has 10 nitrogen and oxygen atoms in total. The minimum absolute atomic E-state index is 0.0220. The monoisotopic (exact) mass is 804 g/mol. The quantitative estimate of drug-likeness (QED) is 0.0235. The van der Waals surface area contributed by atoms with Crippen LogP contribution in [0, 0.1) is 0 Å². The van der Waals surface area contributed by atoms with Crippen molar-refractivity contribution in [3.63, 3.8) is 0 Å². The van der Waals surface area contributed by atoms with Gasteiger partial charge in [0.2, 0.25) is 0 Å². The van der Waals surface area contributed by atoms with Gasteiger partial charge in [-0.3, -0.25) is 18.6 Å². The SMILES string of the molecule is CCCCCCCCCC/C=C\CCCCCCCCCCCCCCOCC(COP(=O)(O)OCC(N)C(=O)O)OC(=O)CCCCCCCCCCC. The van der Waals surface area contributed by atoms with Gasteiger partial charge in [0.25, 0.3) is 0 Å². The Morgan fingerprint density at radius 2 is 0.945 bits per heavy atom. The van der Waals surface area contributed by atoms with Gasteiger partial charge in [-0.1, -0.05) is 187 Å². The Labute approximate surface area is 337 Å². The van der Waals surface area contributed by atoms with Crippen LogP contribution in [0.1, 0.15) is 219 Å². The number of carbonyl (C=O) groups excluding carboxylic acids is 1. The molecule has 0 radical (unpaired) electrons. The number of aliphatic carboxylic acids is 1. The van der Waals surface area contributed by atoms with Crippen molar-refractivity contribution in [3.8, 4) is 0 Å². The fourth-order valence-electron chi connectivity index (χ4n) is 6.48. The summed E-state index contributed by atoms with van der Waals surface area (Å²) in [6.07, 6.45) is 42.9. The van der Waals surface area contributed by atoms with Gasteiger partial charge in [-0.15, -0.1) is 0 Å². The number of ether oxygens (including phenoxy) is 2. The summed E-state index contributed by atoms with van der Waals surface area (Å²) >= 11 is 0. The third-order valence-electron chi connectivity index (χ3n) is 10.0. The Kier molecular flexibility index (Phi) is 39.9. The maximum absolute atomic E-state index is 12.5. The summed E-state index contributed by atoms with van der Waals surface area (Å²) in [7, 11) is -4.61. The standard InChI is InChI=1S/C44H86NO9P/c1-3-5-7-9-11-13-14-15-16-17-18-19-20-21-22-23-24-25-26-27-29-31-33-35-37-51-38-41(39-52-55(49,50)53-40-42(45)44(47)48)54-43(46)36-34-32-30-28-12-10-8-6-4-2/h17-18,41-42H,3-16,19-40,45H2,1-2H3,(H,47,48)(H,49,50)/b18-17-. The van der Waals surface area contributed by atoms with Crippen LogP contribution in [0.4, 0.5) is 0 Å². The number of carboxylic acid groups (broad SMARTS) is 1. The fourth-order valence-corrected chi connectivity index (χ4v) is 7.26. The molecule has 0 aliphatic carbocycles. The van der Waals surface area contributed by atoms with Gasteiger partial charge in [0.15, 0.2) is 0 Å². The summed E-state index contributed by atoms with van der Waals surface area (Å²) in [5.74, 6) is -1.77. The average Bonchev–Trinajstić information content (AvgIpc) is 3.16. The lowest BCUT2D eigenvalue weighted by Gasteiger charge is -2.20. The van der Waals surface area contributed by atoms with Crippen molar-refractivity contribution >= 4 is 19.8 Å². The maximum atomic E-state index is 12.5. The lowest BCUT2D eigenvalue weighted by atomic mass is 10.0. The molecule has 0 spiro atoms. The molecular weight excluding hydrogens is 717 g/mol. The Bertz CT molecular complexity index is 935. The van der Waals surface area contributed by atoms with Crippen molar-refractivity contribution < 1.29 is 42.7 Å². The van der Waals surface area contributed by atoms with Crippen LogP contribution in [-0.2, 0) is 32.7 Å². The summed E-state index contributed by atoms with van der Waals surface area (Å²) in [6.45, 7) is 3.88. The molecule has 0 saturated carbocycles. The van der Waals surface area contributed by atoms with Crippen molar-refractivity contribution in [2.24, 2.45) is 5.73 Å². The normalized spacial score (nSPS) is 14.0. The summed E-state index contributed by atoms with van der Waals surface area (Å²) in [6, 6.07) is -1.47. The Balaban J connectivity index is 4.01. The van der Waals surface area contributed by atoms with Crippen LogP contribution >= 0.6 is 7.82 Å². The number of carboxylic acids is 1. The van der Waals surface area contributed by atoms with Crippen LogP contribution in [0.3, 0.4) is 0 Å². The highest BCUT2D eigenvalue weighted by Crippen LogP contribution is 2.43. The Morgan fingerprint density at radius 3 is 1.38 bits per heavy atom. The molecule has 0 heterocycles. The van der Waals surface area contributed by atoms with Crippen LogP contribution in [0.2, 0.25) is 0 Å². The molecule has 0 aromatic rings. The van der Waals surface area contributed by atoms with Crippen LogP contribution in [-0.4, -0.2) is 60.5 Å². The molecule has 11 heteroatoms. The van der Waals surface area contributed by atoms with E-state index in [1.807, 2.05) is 0 Å². The molecule has 55 heavy (non-hydrogen) atoms. The van der Waals surface area contributed by atoms with Crippen LogP contribution in [0.5, 0.6) is 0 Å². The van der Waals surface area contributed by atoms with Gasteiger partial charge in [-0.05, 0) is 38.5 Å². The average molecular weight is 804 g/mol. The number of phosphoric acid groups is 1. The molecule has 0 aromatic carbocycles. The van der Waals surface area contributed by atoms with E-state index >= 15 is 0 Å². The number of carbonyl (C=O) groups is 2. The molecule has 0 aromatic heterocycles. The molecule has 4 N–H and O–H groups in total. The third-order valence-corrected chi connectivity index (χ3v) is 11.0. The van der Waals surface area contributed by atoms with E-state index in [-0.39, 0.29) is 13.0 Å². The number of nitrogens with two attached hydrogens (primary N) is 1. The molecule has 3 atom stereocenters. The van der Waals surface area contributed by atoms with Crippen molar-refractivity contribution in [1.29, 1.82) is 0 Å². The van der Waals surface area contributed by atoms with Gasteiger partial charge < -0.3 is 25.2 Å². The first-order chi connectivity index (χ1) is 26.7. The van der Waals surface area contributed by atoms with Gasteiger partial charge in [0.1, 0.15) is 12.1 Å². The van der Waals surface area contributed by atoms with Crippen molar-refractivity contribution in [2.45, 2.75) is 231 Å². The summed E-state index contributed by atoms with van der Waals surface area (Å²) in [5.41, 5.74) is 5.35. The minimum atomic E-state index is -4.61. The van der Waals surface area contributed by atoms with Crippen molar-refractivity contribution in [2.75, 3.05) is 26.4 Å². The van der Waals surface area contributed by atoms with E-state index in [1.165, 1.54) is 161 Å². The first-order valence-electron chi connectivity index (χ1n) is 22.7. The van der Waals surface area contributed by atoms with Crippen LogP contribution < -0.4 is 5.73 Å². The zero-order valence-electron chi connectivity index (χ0n) is 35.5. The second kappa shape index (κ2) is 40.9. The van der Waals surface area contributed by atoms with Gasteiger partial charge >= 0.3 is 19.8 Å². The molecule has 0 bridgehead atoms. The van der Waals surface area contributed by atoms with Crippen LogP contribution in [0.25, 0.3) is 0 Å². The van der Waals surface area contributed by atoms with Gasteiger partial charge in [-0.2, -0.15) is 0 Å². The van der Waals surface area contributed by atoms with Crippen molar-refractivity contribution in [3.05, 3.63) is 12.2 Å². The summed E-state index contributed by atoms with van der Waals surface area (Å²) < 4.78 is 33.3. The number of phosphoric ester groups is 1. The topological polar surface area (TPSA) is 155 Å². The van der Waals surface area contributed by atoms with Gasteiger partial charge in [0, 0.05) is 13.0 Å². The number of hydrogen-bond donors (Lipinski definition) is 3. The Hall–Kier alpha value is -1.29. The number of allylic oxidation sites excluding steroid dienone is 2. The lowest BCUT2D eigenvalue weighted by molar-refractivity contribution is -0.154. The van der Waals surface area contributed by atoms with E-state index in [9.17, 15) is 19.0 Å². The molecule has 326 valence electrons. The molecule has 0 aliphatic heterocycles. The van der Waals surface area contributed by atoms with E-state index in [4.69, 9.17) is 29.4 Å². The molecule has 0 fully saturated rings. The minimum Gasteiger partial charge on any atom is -0.480 e. The summed E-state index contributed by atoms with van der Waals surface area (Å²) in [4.78, 5) is 33.4. The predicted molar refractivity (Wildman–Crippen MR) is 226 cm³/mol. The zero-order valence-corrected chi connectivity index (χ0v) is 36.4. The van der Waals surface area contributed by atoms with E-state index in [0.717, 1.165) is 32.1 Å². The van der Waals surface area contributed by atoms with Gasteiger partial charge in [0.05, 0.1) is 19.8 Å². The fraction of sp³-hybridized carbons (Fsp3) is 0.909. The second-order valence-electron chi connectivity index (χ2n) is 15.5. The van der Waals surface area contributed by atoms with E-state index in [2.05, 4.69) is 26.0 Å². The zero-order chi connectivity index (χ0) is 40.5. The first kappa shape index (κ1) is 53.7. The highest BCUT2D eigenvalue weighted by molar-refractivity contribution is 7.47. The number of unbranched alkanes of at least 4 members (excludes halogenated alkanes) is 28. The van der Waals surface area contributed by atoms with Crippen LogP contribution in [0.15, 0.2) is 12.2 Å². The highest BCUT2D eigenvalue weighted by atomic mass is 31.2.